The lowest BCUT2D eigenvalue weighted by Gasteiger charge is -2.16. The van der Waals surface area contributed by atoms with E-state index in [1.54, 1.807) is 24.3 Å². The summed E-state index contributed by atoms with van der Waals surface area (Å²) < 4.78 is 10.0. The first-order chi connectivity index (χ1) is 9.99. The van der Waals surface area contributed by atoms with Crippen LogP contribution in [-0.4, -0.2) is 42.9 Å². The molecule has 0 fully saturated rings. The Morgan fingerprint density at radius 1 is 1.24 bits per heavy atom. The van der Waals surface area contributed by atoms with Crippen molar-refractivity contribution in [3.63, 3.8) is 0 Å². The minimum atomic E-state index is -1.23. The van der Waals surface area contributed by atoms with Crippen molar-refractivity contribution in [3.05, 3.63) is 39.5 Å². The van der Waals surface area contributed by atoms with Crippen LogP contribution in [0.1, 0.15) is 11.5 Å². The van der Waals surface area contributed by atoms with Gasteiger partial charge in [-0.1, -0.05) is 28.1 Å². The number of esters is 2. The fraction of sp³-hybridized carbons (Fsp3) is 0.308. The van der Waals surface area contributed by atoms with Gasteiger partial charge in [-0.2, -0.15) is 0 Å². The topological polar surface area (TPSA) is 87.9 Å². The van der Waals surface area contributed by atoms with E-state index in [-0.39, 0.29) is 10.6 Å². The fourth-order valence-electron chi connectivity index (χ4n) is 2.08. The summed E-state index contributed by atoms with van der Waals surface area (Å²) in [6, 6.07) is 6.81. The highest BCUT2D eigenvalue weighted by Crippen LogP contribution is 2.31. The maximum atomic E-state index is 11.8. The molecule has 0 saturated carbocycles. The standard InChI is InChI=1S/C13H12BrNO6/c1-19-12(16)10-9(7-3-5-8(14)6-4-7)11(13(17)20-2)21-15(10)18/h3-6,9,11H,1-2H3/t9-,11-/m1/s1. The molecule has 1 aliphatic heterocycles. The number of carbonyl (C=O) groups is 2. The molecule has 21 heavy (non-hydrogen) atoms. The Hall–Kier alpha value is -2.09. The molecule has 0 radical (unpaired) electrons. The number of methoxy groups -OCH3 is 2. The first-order valence-corrected chi connectivity index (χ1v) is 6.71. The molecule has 8 heteroatoms. The van der Waals surface area contributed by atoms with E-state index in [0.29, 0.717) is 5.56 Å². The highest BCUT2D eigenvalue weighted by atomic mass is 79.9. The molecule has 0 aliphatic carbocycles. The second kappa shape index (κ2) is 6.13. The van der Waals surface area contributed by atoms with E-state index in [0.717, 1.165) is 11.6 Å². The second-order valence-corrected chi connectivity index (χ2v) is 5.13. The summed E-state index contributed by atoms with van der Waals surface area (Å²) in [6.45, 7) is 0. The highest BCUT2D eigenvalue weighted by Gasteiger charge is 2.50. The van der Waals surface area contributed by atoms with Crippen molar-refractivity contribution >= 4 is 33.6 Å². The zero-order valence-corrected chi connectivity index (χ0v) is 12.8. The van der Waals surface area contributed by atoms with Gasteiger partial charge in [-0.3, -0.25) is 10.0 Å². The zero-order valence-electron chi connectivity index (χ0n) is 11.2. The summed E-state index contributed by atoms with van der Waals surface area (Å²) >= 11 is 3.29. The van der Waals surface area contributed by atoms with E-state index in [2.05, 4.69) is 25.4 Å². The van der Waals surface area contributed by atoms with Crippen LogP contribution in [0.15, 0.2) is 28.7 Å². The molecule has 1 heterocycles. The van der Waals surface area contributed by atoms with Gasteiger partial charge in [-0.25, -0.2) is 4.79 Å². The van der Waals surface area contributed by atoms with Gasteiger partial charge in [0.15, 0.2) is 6.10 Å². The average Bonchev–Trinajstić information content (AvgIpc) is 2.84. The number of carbonyl (C=O) groups excluding carboxylic acids is 2. The summed E-state index contributed by atoms with van der Waals surface area (Å²) in [7, 11) is 2.32. The van der Waals surface area contributed by atoms with Gasteiger partial charge in [0.1, 0.15) is 5.92 Å². The lowest BCUT2D eigenvalue weighted by Crippen LogP contribution is -2.33. The van der Waals surface area contributed by atoms with E-state index in [1.807, 2.05) is 0 Å². The van der Waals surface area contributed by atoms with Crippen molar-refractivity contribution in [3.8, 4) is 0 Å². The number of rotatable bonds is 3. The molecule has 0 bridgehead atoms. The van der Waals surface area contributed by atoms with Crippen molar-refractivity contribution in [2.24, 2.45) is 0 Å². The third-order valence-electron chi connectivity index (χ3n) is 3.06. The number of halogens is 1. The van der Waals surface area contributed by atoms with Crippen LogP contribution in [0.5, 0.6) is 0 Å². The number of nitrogens with zero attached hydrogens (tertiary/aromatic N) is 1. The molecule has 2 rings (SSSR count). The van der Waals surface area contributed by atoms with Gasteiger partial charge in [-0.15, -0.1) is 0 Å². The first kappa shape index (κ1) is 15.3. The minimum absolute atomic E-state index is 0.0140. The Balaban J connectivity index is 2.48. The third-order valence-corrected chi connectivity index (χ3v) is 3.59. The molecule has 0 N–H and O–H groups in total. The quantitative estimate of drug-likeness (QED) is 0.595. The largest absolute Gasteiger partial charge is 0.468 e. The molecule has 1 aromatic carbocycles. The fourth-order valence-corrected chi connectivity index (χ4v) is 2.35. The van der Waals surface area contributed by atoms with Crippen LogP contribution >= 0.6 is 15.9 Å². The molecule has 1 aromatic rings. The molecule has 112 valence electrons. The van der Waals surface area contributed by atoms with Crippen molar-refractivity contribution < 1.29 is 28.8 Å². The summed E-state index contributed by atoms with van der Waals surface area (Å²) in [5, 5.41) is 11.8. The van der Waals surface area contributed by atoms with Gasteiger partial charge in [-0.05, 0) is 17.7 Å². The minimum Gasteiger partial charge on any atom is -0.468 e. The number of hydrogen-bond acceptors (Lipinski definition) is 6. The first-order valence-electron chi connectivity index (χ1n) is 5.92. The Labute approximate surface area is 128 Å². The number of benzene rings is 1. The zero-order chi connectivity index (χ0) is 15.6. The van der Waals surface area contributed by atoms with Crippen LogP contribution in [0.3, 0.4) is 0 Å². The maximum Gasteiger partial charge on any atom is 0.405 e. The molecule has 2 atom stereocenters. The molecule has 0 saturated heterocycles. The summed E-state index contributed by atoms with van der Waals surface area (Å²) in [5.41, 5.74) is 0.266. The van der Waals surface area contributed by atoms with Gasteiger partial charge >= 0.3 is 17.7 Å². The van der Waals surface area contributed by atoms with E-state index < -0.39 is 24.0 Å². The summed E-state index contributed by atoms with van der Waals surface area (Å²) in [6.07, 6.45) is -1.23. The number of hydrogen-bond donors (Lipinski definition) is 0. The predicted molar refractivity (Wildman–Crippen MR) is 74.4 cm³/mol. The summed E-state index contributed by atoms with van der Waals surface area (Å²) in [4.78, 5) is 28.5. The highest BCUT2D eigenvalue weighted by molar-refractivity contribution is 9.10. The van der Waals surface area contributed by atoms with Gasteiger partial charge in [0.25, 0.3) is 0 Å². The van der Waals surface area contributed by atoms with Crippen LogP contribution in [0, 0.1) is 5.21 Å². The van der Waals surface area contributed by atoms with E-state index in [9.17, 15) is 14.8 Å². The second-order valence-electron chi connectivity index (χ2n) is 4.21. The molecule has 0 aromatic heterocycles. The van der Waals surface area contributed by atoms with Crippen LogP contribution < -0.4 is 0 Å². The van der Waals surface area contributed by atoms with Crippen LogP contribution in [0.2, 0.25) is 0 Å². The SMILES string of the molecule is COC(=O)C1=[N+]([O-])O[C@@H](C(=O)OC)[C@@H]1c1ccc(Br)cc1. The smallest absolute Gasteiger partial charge is 0.405 e. The normalized spacial score (nSPS) is 20.9. The molecule has 0 spiro atoms. The predicted octanol–water partition coefficient (Wildman–Crippen LogP) is 1.14. The molecule has 7 nitrogen and oxygen atoms in total. The molecular formula is C13H12BrNO6. The maximum absolute atomic E-state index is 11.8. The van der Waals surface area contributed by atoms with Crippen molar-refractivity contribution in [1.82, 2.24) is 0 Å². The van der Waals surface area contributed by atoms with Crippen LogP contribution in [0.4, 0.5) is 0 Å². The third kappa shape index (κ3) is 2.85. The van der Waals surface area contributed by atoms with Crippen LogP contribution in [0.25, 0.3) is 0 Å². The molecular weight excluding hydrogens is 346 g/mol. The monoisotopic (exact) mass is 357 g/mol. The van der Waals surface area contributed by atoms with Crippen molar-refractivity contribution in [2.75, 3.05) is 14.2 Å². The van der Waals surface area contributed by atoms with Gasteiger partial charge in [0.05, 0.1) is 19.1 Å². The Morgan fingerprint density at radius 3 is 2.38 bits per heavy atom. The van der Waals surface area contributed by atoms with E-state index >= 15 is 0 Å². The van der Waals surface area contributed by atoms with Crippen molar-refractivity contribution in [2.45, 2.75) is 12.0 Å². The molecule has 0 amide bonds. The van der Waals surface area contributed by atoms with Gasteiger partial charge in [0, 0.05) is 4.47 Å². The van der Waals surface area contributed by atoms with Crippen molar-refractivity contribution in [1.29, 1.82) is 0 Å². The Kier molecular flexibility index (Phi) is 4.46. The lowest BCUT2D eigenvalue weighted by atomic mass is 9.89. The number of ether oxygens (including phenoxy) is 2. The van der Waals surface area contributed by atoms with Gasteiger partial charge in [0.2, 0.25) is 0 Å². The molecule has 1 aliphatic rings. The van der Waals surface area contributed by atoms with E-state index in [1.165, 1.54) is 7.11 Å². The average molecular weight is 358 g/mol. The Morgan fingerprint density at radius 2 is 1.86 bits per heavy atom. The molecule has 0 unspecified atom stereocenters. The van der Waals surface area contributed by atoms with E-state index in [4.69, 9.17) is 4.84 Å². The van der Waals surface area contributed by atoms with Crippen LogP contribution in [-0.2, 0) is 23.9 Å². The summed E-state index contributed by atoms with van der Waals surface area (Å²) in [5.74, 6) is -2.50. The lowest BCUT2D eigenvalue weighted by molar-refractivity contribution is -0.736. The Bertz CT molecular complexity index is 597. The van der Waals surface area contributed by atoms with Gasteiger partial charge < -0.3 is 14.3 Å².